The summed E-state index contributed by atoms with van der Waals surface area (Å²) in [6, 6.07) is 2.54. The second-order valence-electron chi connectivity index (χ2n) is 4.00. The molecule has 1 amide bonds. The maximum atomic E-state index is 13.5. The summed E-state index contributed by atoms with van der Waals surface area (Å²) < 4.78 is 13.5. The van der Waals surface area contributed by atoms with Crippen molar-refractivity contribution in [3.63, 3.8) is 0 Å². The molecule has 5 N–H and O–H groups in total. The normalized spacial score (nSPS) is 13.1. The zero-order valence-electron chi connectivity index (χ0n) is 10.4. The molecular formula is C12H16FN3O3. The number of amidine groups is 1. The molecule has 1 unspecified atom stereocenters. The smallest absolute Gasteiger partial charge is 0.254 e. The van der Waals surface area contributed by atoms with Crippen LogP contribution in [0.5, 0.6) is 5.75 Å². The highest BCUT2D eigenvalue weighted by Gasteiger charge is 2.19. The minimum atomic E-state index is -0.841. The van der Waals surface area contributed by atoms with E-state index in [0.29, 0.717) is 12.8 Å². The van der Waals surface area contributed by atoms with Gasteiger partial charge in [-0.15, -0.1) is 0 Å². The molecule has 0 aliphatic heterocycles. The molecule has 0 heterocycles. The van der Waals surface area contributed by atoms with Crippen molar-refractivity contribution in [3.8, 4) is 5.75 Å². The summed E-state index contributed by atoms with van der Waals surface area (Å²) in [5.74, 6) is -1.94. The number of oxime groups is 1. The van der Waals surface area contributed by atoms with Crippen molar-refractivity contribution in [2.24, 2.45) is 10.9 Å². The molecule has 104 valence electrons. The molecule has 0 bridgehead atoms. The van der Waals surface area contributed by atoms with Crippen LogP contribution in [0.1, 0.15) is 30.1 Å². The SMILES string of the molecule is CCCC(NC(=O)c1ccc(O)cc1F)/C(N)=N/O. The van der Waals surface area contributed by atoms with Crippen molar-refractivity contribution in [3.05, 3.63) is 29.6 Å². The van der Waals surface area contributed by atoms with Gasteiger partial charge in [-0.05, 0) is 18.6 Å². The number of phenols is 1. The molecule has 6 nitrogen and oxygen atoms in total. The molecule has 0 saturated carbocycles. The van der Waals surface area contributed by atoms with Gasteiger partial charge in [0.2, 0.25) is 0 Å². The number of aromatic hydroxyl groups is 1. The van der Waals surface area contributed by atoms with Crippen LogP contribution >= 0.6 is 0 Å². The standard InChI is InChI=1S/C12H16FN3O3/c1-2-3-10(11(14)16-19)15-12(18)8-5-4-7(17)6-9(8)13/h4-6,10,17,19H,2-3H2,1H3,(H2,14,16)(H,15,18). The lowest BCUT2D eigenvalue weighted by Gasteiger charge is -2.16. The quantitative estimate of drug-likeness (QED) is 0.278. The third-order valence-electron chi connectivity index (χ3n) is 2.55. The van der Waals surface area contributed by atoms with Crippen molar-refractivity contribution in [2.45, 2.75) is 25.8 Å². The monoisotopic (exact) mass is 269 g/mol. The van der Waals surface area contributed by atoms with Crippen LogP contribution in [-0.4, -0.2) is 28.1 Å². The number of hydrogen-bond acceptors (Lipinski definition) is 4. The van der Waals surface area contributed by atoms with E-state index in [1.807, 2.05) is 6.92 Å². The Morgan fingerprint density at radius 1 is 1.58 bits per heavy atom. The highest BCUT2D eigenvalue weighted by atomic mass is 19.1. The van der Waals surface area contributed by atoms with Gasteiger partial charge < -0.3 is 21.4 Å². The van der Waals surface area contributed by atoms with E-state index in [1.165, 1.54) is 6.07 Å². The van der Waals surface area contributed by atoms with E-state index in [-0.39, 0.29) is 17.1 Å². The fourth-order valence-electron chi connectivity index (χ4n) is 1.58. The predicted molar refractivity (Wildman–Crippen MR) is 67.6 cm³/mol. The van der Waals surface area contributed by atoms with Crippen LogP contribution in [0, 0.1) is 5.82 Å². The molecule has 19 heavy (non-hydrogen) atoms. The first-order valence-electron chi connectivity index (χ1n) is 5.76. The molecule has 0 spiro atoms. The largest absolute Gasteiger partial charge is 0.508 e. The molecule has 0 aliphatic rings. The Kier molecular flexibility index (Phi) is 5.11. The summed E-state index contributed by atoms with van der Waals surface area (Å²) in [6.07, 6.45) is 1.15. The molecule has 0 fully saturated rings. The summed E-state index contributed by atoms with van der Waals surface area (Å²) in [6.45, 7) is 1.87. The Morgan fingerprint density at radius 2 is 2.26 bits per heavy atom. The lowest BCUT2D eigenvalue weighted by Crippen LogP contribution is -2.44. The van der Waals surface area contributed by atoms with Crippen LogP contribution in [0.25, 0.3) is 0 Å². The number of rotatable bonds is 5. The average molecular weight is 269 g/mol. The number of carbonyl (C=O) groups excluding carboxylic acids is 1. The van der Waals surface area contributed by atoms with Crippen LogP contribution in [0.3, 0.4) is 0 Å². The van der Waals surface area contributed by atoms with E-state index in [0.717, 1.165) is 12.1 Å². The number of nitrogens with zero attached hydrogens (tertiary/aromatic N) is 1. The van der Waals surface area contributed by atoms with Crippen molar-refractivity contribution < 1.29 is 19.5 Å². The van der Waals surface area contributed by atoms with E-state index in [1.54, 1.807) is 0 Å². The molecular weight excluding hydrogens is 253 g/mol. The number of phenolic OH excluding ortho intramolecular Hbond substituents is 1. The minimum absolute atomic E-state index is 0.144. The predicted octanol–water partition coefficient (Wildman–Crippen LogP) is 1.18. The number of benzene rings is 1. The molecule has 0 saturated heterocycles. The number of hydrogen-bond donors (Lipinski definition) is 4. The minimum Gasteiger partial charge on any atom is -0.508 e. The van der Waals surface area contributed by atoms with E-state index in [4.69, 9.17) is 16.0 Å². The van der Waals surface area contributed by atoms with Gasteiger partial charge in [0.15, 0.2) is 5.84 Å². The van der Waals surface area contributed by atoms with Crippen molar-refractivity contribution in [1.82, 2.24) is 5.32 Å². The molecule has 1 atom stereocenters. The number of halogens is 1. The molecule has 1 rings (SSSR count). The van der Waals surface area contributed by atoms with E-state index in [9.17, 15) is 9.18 Å². The zero-order valence-corrected chi connectivity index (χ0v) is 10.4. The second-order valence-corrected chi connectivity index (χ2v) is 4.00. The summed E-state index contributed by atoms with van der Waals surface area (Å²) in [7, 11) is 0. The second kappa shape index (κ2) is 6.58. The third kappa shape index (κ3) is 3.84. The lowest BCUT2D eigenvalue weighted by molar-refractivity contribution is 0.0941. The maximum Gasteiger partial charge on any atom is 0.254 e. The van der Waals surface area contributed by atoms with E-state index < -0.39 is 17.8 Å². The third-order valence-corrected chi connectivity index (χ3v) is 2.55. The maximum absolute atomic E-state index is 13.5. The van der Waals surface area contributed by atoms with Crippen LogP contribution in [0.2, 0.25) is 0 Å². The summed E-state index contributed by atoms with van der Waals surface area (Å²) in [5, 5.41) is 23.0. The number of nitrogens with one attached hydrogen (secondary N) is 1. The van der Waals surface area contributed by atoms with Gasteiger partial charge in [0.25, 0.3) is 5.91 Å². The lowest BCUT2D eigenvalue weighted by atomic mass is 10.1. The molecule has 7 heteroatoms. The Morgan fingerprint density at radius 3 is 2.79 bits per heavy atom. The summed E-state index contributed by atoms with van der Waals surface area (Å²) >= 11 is 0. The first kappa shape index (κ1) is 14.7. The topological polar surface area (TPSA) is 108 Å². The highest BCUT2D eigenvalue weighted by Crippen LogP contribution is 2.15. The van der Waals surface area contributed by atoms with Gasteiger partial charge in [-0.2, -0.15) is 0 Å². The van der Waals surface area contributed by atoms with Gasteiger partial charge in [-0.1, -0.05) is 18.5 Å². The summed E-state index contributed by atoms with van der Waals surface area (Å²) in [5.41, 5.74) is 5.23. The van der Waals surface area contributed by atoms with Crippen LogP contribution < -0.4 is 11.1 Å². The van der Waals surface area contributed by atoms with Gasteiger partial charge in [-0.25, -0.2) is 4.39 Å². The number of nitrogens with two attached hydrogens (primary N) is 1. The first-order chi connectivity index (χ1) is 8.99. The van der Waals surface area contributed by atoms with Crippen LogP contribution in [0.4, 0.5) is 4.39 Å². The van der Waals surface area contributed by atoms with Gasteiger partial charge in [0, 0.05) is 6.07 Å². The van der Waals surface area contributed by atoms with E-state index >= 15 is 0 Å². The fraction of sp³-hybridized carbons (Fsp3) is 0.333. The van der Waals surface area contributed by atoms with Gasteiger partial charge in [0.05, 0.1) is 11.6 Å². The molecule has 1 aromatic carbocycles. The zero-order chi connectivity index (χ0) is 14.4. The number of carbonyl (C=O) groups is 1. The Hall–Kier alpha value is -2.31. The van der Waals surface area contributed by atoms with Crippen LogP contribution in [-0.2, 0) is 0 Å². The molecule has 0 radical (unpaired) electrons. The highest BCUT2D eigenvalue weighted by molar-refractivity contribution is 5.98. The number of amides is 1. The van der Waals surface area contributed by atoms with Crippen molar-refractivity contribution in [1.29, 1.82) is 0 Å². The van der Waals surface area contributed by atoms with Gasteiger partial charge in [0.1, 0.15) is 11.6 Å². The van der Waals surface area contributed by atoms with E-state index in [2.05, 4.69) is 10.5 Å². The Bertz CT molecular complexity index is 491. The van der Waals surface area contributed by atoms with Crippen molar-refractivity contribution in [2.75, 3.05) is 0 Å². The molecule has 0 aliphatic carbocycles. The van der Waals surface area contributed by atoms with Gasteiger partial charge >= 0.3 is 0 Å². The van der Waals surface area contributed by atoms with Crippen LogP contribution in [0.15, 0.2) is 23.4 Å². The van der Waals surface area contributed by atoms with Gasteiger partial charge in [-0.3, -0.25) is 4.79 Å². The Labute approximate surface area is 109 Å². The van der Waals surface area contributed by atoms with Crippen molar-refractivity contribution >= 4 is 11.7 Å². The summed E-state index contributed by atoms with van der Waals surface area (Å²) in [4.78, 5) is 11.9. The first-order valence-corrected chi connectivity index (χ1v) is 5.76. The molecule has 1 aromatic rings. The molecule has 0 aromatic heterocycles. The average Bonchev–Trinajstić information content (AvgIpc) is 2.37. The Balaban J connectivity index is 2.87. The fourth-order valence-corrected chi connectivity index (χ4v) is 1.58.